The lowest BCUT2D eigenvalue weighted by molar-refractivity contribution is 0.0698. The van der Waals surface area contributed by atoms with E-state index < -0.39 is 5.97 Å². The molecule has 0 saturated carbocycles. The molecule has 0 saturated heterocycles. The molecule has 3 N–H and O–H groups in total. The second-order valence-electron chi connectivity index (χ2n) is 5.05. The summed E-state index contributed by atoms with van der Waals surface area (Å²) in [6, 6.07) is 16.5. The topological polar surface area (TPSA) is 92.0 Å². The zero-order valence-corrected chi connectivity index (χ0v) is 12.1. The van der Waals surface area contributed by atoms with Gasteiger partial charge in [0.05, 0.1) is 11.1 Å². The lowest BCUT2D eigenvalue weighted by Gasteiger charge is -2.06. The summed E-state index contributed by atoms with van der Waals surface area (Å²) in [6.07, 6.45) is 3.54. The van der Waals surface area contributed by atoms with Crippen molar-refractivity contribution in [3.63, 3.8) is 0 Å². The molecule has 0 aliphatic rings. The molecule has 112 valence electrons. The zero-order valence-electron chi connectivity index (χ0n) is 12.1. The van der Waals surface area contributed by atoms with E-state index in [2.05, 4.69) is 6.07 Å². The number of carboxylic acid groups (broad SMARTS) is 1. The van der Waals surface area contributed by atoms with Crippen molar-refractivity contribution in [3.05, 3.63) is 72.1 Å². The van der Waals surface area contributed by atoms with Gasteiger partial charge in [0.25, 0.3) is 0 Å². The minimum atomic E-state index is -1.07. The quantitative estimate of drug-likeness (QED) is 0.726. The lowest BCUT2D eigenvalue weighted by atomic mass is 10.1. The van der Waals surface area contributed by atoms with E-state index in [1.54, 1.807) is 22.9 Å². The maximum Gasteiger partial charge on any atom is 0.337 e. The fourth-order valence-electron chi connectivity index (χ4n) is 2.45. The smallest absolute Gasteiger partial charge is 0.337 e. The number of carbonyl (C=O) groups is 1. The van der Waals surface area contributed by atoms with E-state index in [0.29, 0.717) is 11.3 Å². The summed E-state index contributed by atoms with van der Waals surface area (Å²) in [4.78, 5) is 11.0. The van der Waals surface area contributed by atoms with Crippen molar-refractivity contribution in [2.24, 2.45) is 0 Å². The number of nitrogens with zero attached hydrogens (tertiary/aromatic N) is 2. The van der Waals surface area contributed by atoms with Gasteiger partial charge in [0.15, 0.2) is 0 Å². The number of anilines is 1. The van der Waals surface area contributed by atoms with E-state index in [4.69, 9.17) is 10.8 Å². The predicted molar refractivity (Wildman–Crippen MR) is 87.3 cm³/mol. The fraction of sp³-hybridized carbons (Fsp3) is 0. The minimum Gasteiger partial charge on any atom is -0.478 e. The standard InChI is InChI=1S/C18H13N3O2/c19-9-13-10-21(11-16(13)12-4-2-1-3-5-12)14-6-7-15(18(22)23)17(20)8-14/h1-8,10-11H,20H2,(H,22,23). The van der Waals surface area contributed by atoms with Crippen LogP contribution in [-0.2, 0) is 0 Å². The third-order valence-electron chi connectivity index (χ3n) is 3.60. The minimum absolute atomic E-state index is 0.0599. The van der Waals surface area contributed by atoms with Crippen LogP contribution < -0.4 is 5.73 Å². The number of carboxylic acids is 1. The Morgan fingerprint density at radius 2 is 1.87 bits per heavy atom. The van der Waals surface area contributed by atoms with Crippen LogP contribution in [0, 0.1) is 11.3 Å². The third kappa shape index (κ3) is 2.65. The summed E-state index contributed by atoms with van der Waals surface area (Å²) in [5, 5.41) is 18.4. The maximum atomic E-state index is 11.0. The Bertz CT molecular complexity index is 921. The van der Waals surface area contributed by atoms with Crippen molar-refractivity contribution < 1.29 is 9.90 Å². The molecule has 3 aromatic rings. The van der Waals surface area contributed by atoms with E-state index in [1.807, 2.05) is 36.5 Å². The van der Waals surface area contributed by atoms with Crippen molar-refractivity contribution in [2.45, 2.75) is 0 Å². The van der Waals surface area contributed by atoms with Crippen molar-refractivity contribution in [2.75, 3.05) is 5.73 Å². The molecular formula is C18H13N3O2. The van der Waals surface area contributed by atoms with Gasteiger partial charge in [0.1, 0.15) is 6.07 Å². The monoisotopic (exact) mass is 303 g/mol. The number of rotatable bonds is 3. The molecule has 0 atom stereocenters. The number of hydrogen-bond acceptors (Lipinski definition) is 3. The van der Waals surface area contributed by atoms with Gasteiger partial charge in [-0.2, -0.15) is 5.26 Å². The van der Waals surface area contributed by atoms with Gasteiger partial charge in [-0.05, 0) is 23.8 Å². The average Bonchev–Trinajstić information content (AvgIpc) is 2.99. The van der Waals surface area contributed by atoms with E-state index in [0.717, 1.165) is 11.1 Å². The number of aromatic carboxylic acids is 1. The Kier molecular flexibility index (Phi) is 3.57. The molecule has 0 aliphatic carbocycles. The van der Waals surface area contributed by atoms with Gasteiger partial charge in [-0.1, -0.05) is 30.3 Å². The number of benzene rings is 2. The van der Waals surface area contributed by atoms with Gasteiger partial charge in [0.2, 0.25) is 0 Å². The molecule has 0 bridgehead atoms. The van der Waals surface area contributed by atoms with Gasteiger partial charge in [-0.3, -0.25) is 0 Å². The summed E-state index contributed by atoms with van der Waals surface area (Å²) in [6.45, 7) is 0. The Morgan fingerprint density at radius 3 is 2.48 bits per heavy atom. The van der Waals surface area contributed by atoms with Crippen LogP contribution in [0.5, 0.6) is 0 Å². The van der Waals surface area contributed by atoms with E-state index in [-0.39, 0.29) is 11.3 Å². The van der Waals surface area contributed by atoms with Gasteiger partial charge in [0, 0.05) is 29.3 Å². The first-order valence-corrected chi connectivity index (χ1v) is 6.91. The molecule has 5 heteroatoms. The lowest BCUT2D eigenvalue weighted by Crippen LogP contribution is -2.03. The molecule has 0 radical (unpaired) electrons. The molecule has 0 amide bonds. The number of nitrogens with two attached hydrogens (primary N) is 1. The summed E-state index contributed by atoms with van der Waals surface area (Å²) in [7, 11) is 0. The maximum absolute atomic E-state index is 11.0. The molecule has 0 spiro atoms. The van der Waals surface area contributed by atoms with Gasteiger partial charge >= 0.3 is 5.97 Å². The van der Waals surface area contributed by atoms with Crippen LogP contribution in [0.2, 0.25) is 0 Å². The Balaban J connectivity index is 2.09. The van der Waals surface area contributed by atoms with Crippen molar-refractivity contribution >= 4 is 11.7 Å². The molecule has 0 aliphatic heterocycles. The Labute approximate surface area is 132 Å². The van der Waals surface area contributed by atoms with Crippen LogP contribution in [0.25, 0.3) is 16.8 Å². The summed E-state index contributed by atoms with van der Waals surface area (Å²) in [5.74, 6) is -1.07. The highest BCUT2D eigenvalue weighted by atomic mass is 16.4. The second-order valence-corrected chi connectivity index (χ2v) is 5.05. The van der Waals surface area contributed by atoms with Crippen LogP contribution in [0.4, 0.5) is 5.69 Å². The molecule has 5 nitrogen and oxygen atoms in total. The first kappa shape index (κ1) is 14.4. The largest absolute Gasteiger partial charge is 0.478 e. The van der Waals surface area contributed by atoms with Gasteiger partial charge in [-0.25, -0.2) is 4.79 Å². The normalized spacial score (nSPS) is 10.2. The van der Waals surface area contributed by atoms with E-state index in [1.165, 1.54) is 6.07 Å². The molecular weight excluding hydrogens is 290 g/mol. The highest BCUT2D eigenvalue weighted by molar-refractivity contribution is 5.94. The molecule has 1 aromatic heterocycles. The summed E-state index contributed by atoms with van der Waals surface area (Å²) >= 11 is 0. The van der Waals surface area contributed by atoms with Crippen LogP contribution >= 0.6 is 0 Å². The first-order chi connectivity index (χ1) is 11.1. The molecule has 3 rings (SSSR count). The summed E-state index contributed by atoms with van der Waals surface area (Å²) in [5.41, 5.74) is 9.03. The van der Waals surface area contributed by atoms with E-state index >= 15 is 0 Å². The molecule has 0 unspecified atom stereocenters. The Morgan fingerprint density at radius 1 is 1.13 bits per heavy atom. The highest BCUT2D eigenvalue weighted by Gasteiger charge is 2.12. The number of aromatic nitrogens is 1. The Hall–Kier alpha value is -3.52. The van der Waals surface area contributed by atoms with E-state index in [9.17, 15) is 10.1 Å². The summed E-state index contributed by atoms with van der Waals surface area (Å²) < 4.78 is 1.77. The van der Waals surface area contributed by atoms with Crippen LogP contribution in [0.15, 0.2) is 60.9 Å². The van der Waals surface area contributed by atoms with Gasteiger partial charge in [-0.15, -0.1) is 0 Å². The number of nitrogen functional groups attached to an aromatic ring is 1. The number of hydrogen-bond donors (Lipinski definition) is 2. The first-order valence-electron chi connectivity index (χ1n) is 6.91. The SMILES string of the molecule is N#Cc1cn(-c2ccc(C(=O)O)c(N)c2)cc1-c1ccccc1. The molecule has 23 heavy (non-hydrogen) atoms. The number of nitriles is 1. The van der Waals surface area contributed by atoms with Crippen LogP contribution in [0.3, 0.4) is 0 Å². The molecule has 0 fully saturated rings. The van der Waals surface area contributed by atoms with Crippen LogP contribution in [-0.4, -0.2) is 15.6 Å². The molecule has 1 heterocycles. The van der Waals surface area contributed by atoms with Crippen LogP contribution in [0.1, 0.15) is 15.9 Å². The van der Waals surface area contributed by atoms with Crippen molar-refractivity contribution in [3.8, 4) is 22.9 Å². The predicted octanol–water partition coefficient (Wildman–Crippen LogP) is 3.30. The van der Waals surface area contributed by atoms with Gasteiger partial charge < -0.3 is 15.4 Å². The van der Waals surface area contributed by atoms with Crippen molar-refractivity contribution in [1.82, 2.24) is 4.57 Å². The third-order valence-corrected chi connectivity index (χ3v) is 3.60. The van der Waals surface area contributed by atoms with Crippen molar-refractivity contribution in [1.29, 1.82) is 5.26 Å². The zero-order chi connectivity index (χ0) is 16.4. The highest BCUT2D eigenvalue weighted by Crippen LogP contribution is 2.27. The molecule has 2 aromatic carbocycles. The average molecular weight is 303 g/mol. The fourth-order valence-corrected chi connectivity index (χ4v) is 2.45. The second kappa shape index (κ2) is 5.70.